The number of methoxy groups -OCH3 is 1. The molecule has 1 aromatic heterocycles. The lowest BCUT2D eigenvalue weighted by molar-refractivity contribution is 0.420. The molecule has 0 spiro atoms. The standard InChI is InChI=1S/C16H14N4O/c1-21-14-6-2-5-11-12(14)8-13-15(11)19-20-16(13)18-10-4-3-7-17-9-10/h2-9,18-20H,1H3. The molecule has 1 aliphatic carbocycles. The predicted octanol–water partition coefficient (Wildman–Crippen LogP) is 3.75. The lowest BCUT2D eigenvalue weighted by atomic mass is 10.2. The molecule has 2 aromatic rings. The first-order valence-electron chi connectivity index (χ1n) is 6.69. The zero-order valence-corrected chi connectivity index (χ0v) is 11.5. The summed E-state index contributed by atoms with van der Waals surface area (Å²) in [5.41, 5.74) is 3.10. The van der Waals surface area contributed by atoms with Crippen LogP contribution in [0, 0.1) is 0 Å². The first kappa shape index (κ1) is 11.8. The molecular formula is C16H14N4O. The second kappa shape index (κ2) is 4.56. The van der Waals surface area contributed by atoms with Gasteiger partial charge in [-0.05, 0) is 24.3 Å². The van der Waals surface area contributed by atoms with Crippen molar-refractivity contribution in [2.24, 2.45) is 0 Å². The Morgan fingerprint density at radius 1 is 1.10 bits per heavy atom. The Kier molecular flexibility index (Phi) is 2.57. The highest BCUT2D eigenvalue weighted by molar-refractivity contribution is 6.06. The van der Waals surface area contributed by atoms with Crippen LogP contribution < -0.4 is 10.1 Å². The van der Waals surface area contributed by atoms with Gasteiger partial charge in [-0.15, -0.1) is 0 Å². The number of pyridine rings is 1. The summed E-state index contributed by atoms with van der Waals surface area (Å²) in [6.45, 7) is 0. The van der Waals surface area contributed by atoms with Crippen molar-refractivity contribution in [3.63, 3.8) is 0 Å². The number of rotatable bonds is 3. The minimum absolute atomic E-state index is 0.879. The van der Waals surface area contributed by atoms with Crippen molar-refractivity contribution >= 4 is 22.3 Å². The van der Waals surface area contributed by atoms with E-state index in [4.69, 9.17) is 4.74 Å². The van der Waals surface area contributed by atoms with E-state index >= 15 is 0 Å². The van der Waals surface area contributed by atoms with Crippen LogP contribution in [0.5, 0.6) is 5.75 Å². The van der Waals surface area contributed by atoms with E-state index in [1.54, 1.807) is 19.5 Å². The molecule has 2 aliphatic rings. The monoisotopic (exact) mass is 278 g/mol. The van der Waals surface area contributed by atoms with E-state index in [1.807, 2.05) is 24.3 Å². The summed E-state index contributed by atoms with van der Waals surface area (Å²) in [6.07, 6.45) is 3.54. The van der Waals surface area contributed by atoms with E-state index in [-0.39, 0.29) is 0 Å². The maximum atomic E-state index is 5.43. The molecule has 0 fully saturated rings. The second-order valence-corrected chi connectivity index (χ2v) is 4.85. The van der Waals surface area contributed by atoms with Crippen LogP contribution in [0.4, 0.5) is 11.5 Å². The maximum absolute atomic E-state index is 5.43. The normalized spacial score (nSPS) is 11.1. The Bertz CT molecular complexity index is 863. The first-order valence-corrected chi connectivity index (χ1v) is 6.69. The van der Waals surface area contributed by atoms with Crippen molar-refractivity contribution in [3.8, 4) is 17.0 Å². The number of anilines is 2. The summed E-state index contributed by atoms with van der Waals surface area (Å²) >= 11 is 0. The molecule has 0 atom stereocenters. The van der Waals surface area contributed by atoms with Crippen LogP contribution in [-0.4, -0.2) is 22.3 Å². The number of hydrogen-bond acceptors (Lipinski definition) is 3. The van der Waals surface area contributed by atoms with Gasteiger partial charge in [0.25, 0.3) is 0 Å². The van der Waals surface area contributed by atoms with Gasteiger partial charge in [-0.25, -0.2) is 0 Å². The van der Waals surface area contributed by atoms with Gasteiger partial charge in [0, 0.05) is 22.5 Å². The summed E-state index contributed by atoms with van der Waals surface area (Å²) in [6, 6.07) is 12.0. The third-order valence-electron chi connectivity index (χ3n) is 3.63. The van der Waals surface area contributed by atoms with Gasteiger partial charge < -0.3 is 10.1 Å². The average Bonchev–Trinajstić information content (AvgIpc) is 3.08. The molecule has 5 nitrogen and oxygen atoms in total. The molecule has 4 rings (SSSR count). The van der Waals surface area contributed by atoms with Gasteiger partial charge in [0.15, 0.2) is 0 Å². The van der Waals surface area contributed by atoms with Gasteiger partial charge in [0.05, 0.1) is 24.7 Å². The number of nitrogens with zero attached hydrogens (tertiary/aromatic N) is 1. The van der Waals surface area contributed by atoms with Crippen LogP contribution in [0.25, 0.3) is 22.0 Å². The van der Waals surface area contributed by atoms with E-state index in [0.717, 1.165) is 39.3 Å². The number of fused-ring (bicyclic) bond motifs is 3. The Morgan fingerprint density at radius 2 is 2.05 bits per heavy atom. The molecule has 1 aliphatic heterocycles. The van der Waals surface area contributed by atoms with Crippen LogP contribution in [0.1, 0.15) is 0 Å². The number of benzene rings is 1. The number of H-pyrrole nitrogens is 2. The Hall–Kier alpha value is -2.95. The van der Waals surface area contributed by atoms with Crippen LogP contribution in [0.15, 0.2) is 48.8 Å². The Morgan fingerprint density at radius 3 is 2.86 bits per heavy atom. The van der Waals surface area contributed by atoms with Gasteiger partial charge in [-0.1, -0.05) is 12.1 Å². The van der Waals surface area contributed by atoms with Crippen molar-refractivity contribution in [2.45, 2.75) is 0 Å². The third-order valence-corrected chi connectivity index (χ3v) is 3.63. The maximum Gasteiger partial charge on any atom is 0.132 e. The highest BCUT2D eigenvalue weighted by atomic mass is 16.5. The van der Waals surface area contributed by atoms with Crippen LogP contribution >= 0.6 is 0 Å². The zero-order chi connectivity index (χ0) is 14.2. The van der Waals surface area contributed by atoms with Crippen LogP contribution in [0.2, 0.25) is 0 Å². The van der Waals surface area contributed by atoms with Crippen molar-refractivity contribution < 1.29 is 4.74 Å². The second-order valence-electron chi connectivity index (χ2n) is 4.85. The van der Waals surface area contributed by atoms with E-state index in [1.165, 1.54) is 0 Å². The zero-order valence-electron chi connectivity index (χ0n) is 11.5. The number of aromatic amines is 2. The smallest absolute Gasteiger partial charge is 0.132 e. The molecule has 0 unspecified atom stereocenters. The molecule has 0 amide bonds. The Labute approximate surface area is 121 Å². The van der Waals surface area contributed by atoms with Crippen LogP contribution in [0.3, 0.4) is 0 Å². The molecule has 0 radical (unpaired) electrons. The van der Waals surface area contributed by atoms with E-state index in [0.29, 0.717) is 0 Å². The lowest BCUT2D eigenvalue weighted by Crippen LogP contribution is -1.91. The highest BCUT2D eigenvalue weighted by Crippen LogP contribution is 2.41. The number of hydrogen-bond donors (Lipinski definition) is 3. The summed E-state index contributed by atoms with van der Waals surface area (Å²) in [5, 5.41) is 12.0. The fourth-order valence-electron chi connectivity index (χ4n) is 2.65. The SMILES string of the molecule is COc1cccc2c3[nH][nH]c(Nc4cccnc4)c-3cc12. The summed E-state index contributed by atoms with van der Waals surface area (Å²) in [7, 11) is 1.69. The van der Waals surface area contributed by atoms with E-state index < -0.39 is 0 Å². The number of aromatic nitrogens is 3. The molecule has 3 N–H and O–H groups in total. The van der Waals surface area contributed by atoms with E-state index in [9.17, 15) is 0 Å². The minimum Gasteiger partial charge on any atom is -0.496 e. The van der Waals surface area contributed by atoms with E-state index in [2.05, 4.69) is 32.6 Å². The Balaban J connectivity index is 1.84. The molecule has 1 aromatic carbocycles. The fourth-order valence-corrected chi connectivity index (χ4v) is 2.65. The summed E-state index contributed by atoms with van der Waals surface area (Å²) < 4.78 is 5.43. The molecule has 2 heterocycles. The van der Waals surface area contributed by atoms with Gasteiger partial charge in [-0.3, -0.25) is 15.2 Å². The molecule has 0 bridgehead atoms. The van der Waals surface area contributed by atoms with Crippen molar-refractivity contribution in [1.82, 2.24) is 15.2 Å². The van der Waals surface area contributed by atoms with Gasteiger partial charge >= 0.3 is 0 Å². The van der Waals surface area contributed by atoms with Gasteiger partial charge in [0.2, 0.25) is 0 Å². The lowest BCUT2D eigenvalue weighted by Gasteiger charge is -2.03. The van der Waals surface area contributed by atoms with Gasteiger partial charge in [-0.2, -0.15) is 0 Å². The number of ether oxygens (including phenoxy) is 1. The topological polar surface area (TPSA) is 65.7 Å². The fraction of sp³-hybridized carbons (Fsp3) is 0.0625. The van der Waals surface area contributed by atoms with Crippen molar-refractivity contribution in [2.75, 3.05) is 12.4 Å². The largest absolute Gasteiger partial charge is 0.496 e. The molecule has 5 heteroatoms. The highest BCUT2D eigenvalue weighted by Gasteiger charge is 2.18. The van der Waals surface area contributed by atoms with Crippen molar-refractivity contribution in [1.29, 1.82) is 0 Å². The summed E-state index contributed by atoms with van der Waals surface area (Å²) in [4.78, 5) is 4.11. The molecule has 0 saturated heterocycles. The predicted molar refractivity (Wildman–Crippen MR) is 83.3 cm³/mol. The van der Waals surface area contributed by atoms with Gasteiger partial charge in [0.1, 0.15) is 11.6 Å². The summed E-state index contributed by atoms with van der Waals surface area (Å²) in [5.74, 6) is 1.79. The number of nitrogens with one attached hydrogen (secondary N) is 3. The quantitative estimate of drug-likeness (QED) is 0.534. The first-order chi connectivity index (χ1) is 10.4. The third kappa shape index (κ3) is 1.82. The minimum atomic E-state index is 0.879. The average molecular weight is 278 g/mol. The molecule has 21 heavy (non-hydrogen) atoms. The van der Waals surface area contributed by atoms with Crippen LogP contribution in [-0.2, 0) is 0 Å². The molecular weight excluding hydrogens is 264 g/mol. The van der Waals surface area contributed by atoms with Crippen molar-refractivity contribution in [3.05, 3.63) is 48.8 Å². The molecule has 104 valence electrons. The molecule has 0 saturated carbocycles.